The Hall–Kier alpha value is -2.34. The number of nitro benzene ring substituents is 1. The van der Waals surface area contributed by atoms with Gasteiger partial charge in [0.15, 0.2) is 0 Å². The number of carbonyl (C=O) groups is 1. The van der Waals surface area contributed by atoms with E-state index in [1.165, 1.54) is 29.5 Å². The molecule has 0 aliphatic carbocycles. The largest absolute Gasteiger partial charge is 0.320 e. The zero-order chi connectivity index (χ0) is 16.8. The van der Waals surface area contributed by atoms with Crippen LogP contribution in [0.1, 0.15) is 25.3 Å². The highest BCUT2D eigenvalue weighted by atomic mass is 32.2. The smallest absolute Gasteiger partial charge is 0.292 e. The van der Waals surface area contributed by atoms with Gasteiger partial charge in [-0.2, -0.15) is 0 Å². The van der Waals surface area contributed by atoms with Gasteiger partial charge in [-0.3, -0.25) is 14.9 Å². The zero-order valence-corrected chi connectivity index (χ0v) is 13.8. The molecule has 0 aliphatic rings. The summed E-state index contributed by atoms with van der Waals surface area (Å²) in [5, 5.41) is 13.5. The second-order valence-corrected chi connectivity index (χ2v) is 6.38. The number of rotatable bonds is 6. The minimum Gasteiger partial charge on any atom is -0.320 e. The molecule has 5 nitrogen and oxygen atoms in total. The fourth-order valence-electron chi connectivity index (χ4n) is 2.02. The molecule has 0 spiro atoms. The van der Waals surface area contributed by atoms with Crippen LogP contribution in [0.15, 0.2) is 53.4 Å². The van der Waals surface area contributed by atoms with Crippen LogP contribution >= 0.6 is 11.8 Å². The predicted octanol–water partition coefficient (Wildman–Crippen LogP) is 4.45. The number of hydrogen-bond acceptors (Lipinski definition) is 4. The Bertz CT molecular complexity index is 699. The number of nitrogens with one attached hydrogen (secondary N) is 1. The van der Waals surface area contributed by atoms with Crippen LogP contribution in [-0.4, -0.2) is 16.6 Å². The molecule has 1 N–H and O–H groups in total. The van der Waals surface area contributed by atoms with Crippen molar-refractivity contribution in [3.8, 4) is 0 Å². The van der Waals surface area contributed by atoms with E-state index in [0.717, 1.165) is 4.90 Å². The molecular formula is C17H18N2O3S. The van der Waals surface area contributed by atoms with Crippen molar-refractivity contribution in [3.63, 3.8) is 0 Å². The highest BCUT2D eigenvalue weighted by Crippen LogP contribution is 2.25. The maximum absolute atomic E-state index is 12.0. The number of nitrogens with zero attached hydrogens (tertiary/aromatic N) is 1. The molecule has 0 saturated heterocycles. The molecule has 23 heavy (non-hydrogen) atoms. The highest BCUT2D eigenvalue weighted by molar-refractivity contribution is 8.00. The second-order valence-electron chi connectivity index (χ2n) is 5.33. The van der Waals surface area contributed by atoms with Gasteiger partial charge in [-0.1, -0.05) is 38.1 Å². The summed E-state index contributed by atoms with van der Waals surface area (Å²) in [7, 11) is 0. The number of para-hydroxylation sites is 2. The summed E-state index contributed by atoms with van der Waals surface area (Å²) >= 11 is 1.40. The maximum Gasteiger partial charge on any atom is 0.292 e. The summed E-state index contributed by atoms with van der Waals surface area (Å²) in [5.74, 6) is 0.404. The van der Waals surface area contributed by atoms with Crippen LogP contribution in [0.3, 0.4) is 0 Å². The molecular weight excluding hydrogens is 312 g/mol. The maximum atomic E-state index is 12.0. The number of benzene rings is 2. The Labute approximate surface area is 139 Å². The molecule has 0 fully saturated rings. The van der Waals surface area contributed by atoms with E-state index < -0.39 is 4.92 Å². The first kappa shape index (κ1) is 17.0. The Morgan fingerprint density at radius 2 is 1.83 bits per heavy atom. The second kappa shape index (κ2) is 7.78. The lowest BCUT2D eigenvalue weighted by atomic mass is 10.0. The van der Waals surface area contributed by atoms with Crippen molar-refractivity contribution in [2.24, 2.45) is 0 Å². The van der Waals surface area contributed by atoms with Gasteiger partial charge in [0.1, 0.15) is 5.69 Å². The Balaban J connectivity index is 1.94. The van der Waals surface area contributed by atoms with E-state index in [4.69, 9.17) is 0 Å². The van der Waals surface area contributed by atoms with Gasteiger partial charge in [-0.05, 0) is 29.7 Å². The molecule has 2 rings (SSSR count). The normalized spacial score (nSPS) is 10.6. The molecule has 0 radical (unpaired) electrons. The van der Waals surface area contributed by atoms with E-state index in [1.54, 1.807) is 12.1 Å². The van der Waals surface area contributed by atoms with Crippen LogP contribution in [0.5, 0.6) is 0 Å². The SMILES string of the molecule is CC(C)c1ccc(SCC(=O)Nc2ccccc2[N+](=O)[O-])cc1. The molecule has 1 amide bonds. The van der Waals surface area contributed by atoms with Crippen molar-refractivity contribution in [3.05, 3.63) is 64.2 Å². The van der Waals surface area contributed by atoms with Gasteiger partial charge in [0.05, 0.1) is 10.7 Å². The number of anilines is 1. The number of amides is 1. The molecule has 0 atom stereocenters. The summed E-state index contributed by atoms with van der Waals surface area (Å²) in [6.45, 7) is 4.25. The third kappa shape index (κ3) is 4.82. The van der Waals surface area contributed by atoms with E-state index >= 15 is 0 Å². The van der Waals surface area contributed by atoms with Crippen LogP contribution < -0.4 is 5.32 Å². The van der Waals surface area contributed by atoms with E-state index in [1.807, 2.05) is 24.3 Å². The van der Waals surface area contributed by atoms with Gasteiger partial charge in [0.2, 0.25) is 5.91 Å². The summed E-state index contributed by atoms with van der Waals surface area (Å²) < 4.78 is 0. The summed E-state index contributed by atoms with van der Waals surface area (Å²) in [6.07, 6.45) is 0. The third-order valence-electron chi connectivity index (χ3n) is 3.29. The summed E-state index contributed by atoms with van der Waals surface area (Å²) in [5.41, 5.74) is 1.36. The summed E-state index contributed by atoms with van der Waals surface area (Å²) in [6, 6.07) is 14.2. The molecule has 0 aliphatic heterocycles. The molecule has 2 aromatic rings. The van der Waals surface area contributed by atoms with Crippen LogP contribution in [-0.2, 0) is 4.79 Å². The lowest BCUT2D eigenvalue weighted by molar-refractivity contribution is -0.383. The molecule has 0 saturated carbocycles. The van der Waals surface area contributed by atoms with Crippen molar-refractivity contribution in [1.29, 1.82) is 0 Å². The first-order chi connectivity index (χ1) is 11.0. The lowest BCUT2D eigenvalue weighted by Gasteiger charge is -2.07. The highest BCUT2D eigenvalue weighted by Gasteiger charge is 2.14. The Morgan fingerprint density at radius 1 is 1.17 bits per heavy atom. The minimum atomic E-state index is -0.507. The van der Waals surface area contributed by atoms with Crippen molar-refractivity contribution < 1.29 is 9.72 Å². The fraction of sp³-hybridized carbons (Fsp3) is 0.235. The first-order valence-electron chi connectivity index (χ1n) is 7.23. The average molecular weight is 330 g/mol. The average Bonchev–Trinajstić information content (AvgIpc) is 2.53. The zero-order valence-electron chi connectivity index (χ0n) is 13.0. The monoisotopic (exact) mass is 330 g/mol. The van der Waals surface area contributed by atoms with Crippen molar-refractivity contribution in [2.45, 2.75) is 24.7 Å². The van der Waals surface area contributed by atoms with Crippen LogP contribution in [0.4, 0.5) is 11.4 Å². The van der Waals surface area contributed by atoms with E-state index in [9.17, 15) is 14.9 Å². The van der Waals surface area contributed by atoms with E-state index in [0.29, 0.717) is 5.92 Å². The van der Waals surface area contributed by atoms with Gasteiger partial charge >= 0.3 is 0 Å². The van der Waals surface area contributed by atoms with Gasteiger partial charge < -0.3 is 5.32 Å². The quantitative estimate of drug-likeness (QED) is 0.482. The van der Waals surface area contributed by atoms with Crippen molar-refractivity contribution in [2.75, 3.05) is 11.1 Å². The van der Waals surface area contributed by atoms with E-state index in [2.05, 4.69) is 19.2 Å². The van der Waals surface area contributed by atoms with Gasteiger partial charge in [0, 0.05) is 11.0 Å². The molecule has 0 bridgehead atoms. The molecule has 120 valence electrons. The first-order valence-corrected chi connectivity index (χ1v) is 8.22. The number of carbonyl (C=O) groups excluding carboxylic acids is 1. The molecule has 0 heterocycles. The van der Waals surface area contributed by atoms with Crippen LogP contribution in [0.2, 0.25) is 0 Å². The lowest BCUT2D eigenvalue weighted by Crippen LogP contribution is -2.15. The Kier molecular flexibility index (Phi) is 5.76. The summed E-state index contributed by atoms with van der Waals surface area (Å²) in [4.78, 5) is 23.4. The van der Waals surface area contributed by atoms with Gasteiger partial charge in [0.25, 0.3) is 5.69 Å². The van der Waals surface area contributed by atoms with E-state index in [-0.39, 0.29) is 23.0 Å². The van der Waals surface area contributed by atoms with Gasteiger partial charge in [-0.25, -0.2) is 0 Å². The van der Waals surface area contributed by atoms with Crippen molar-refractivity contribution in [1.82, 2.24) is 0 Å². The van der Waals surface area contributed by atoms with Crippen LogP contribution in [0, 0.1) is 10.1 Å². The number of thioether (sulfide) groups is 1. The number of hydrogen-bond donors (Lipinski definition) is 1. The molecule has 0 unspecified atom stereocenters. The number of nitro groups is 1. The van der Waals surface area contributed by atoms with Crippen molar-refractivity contribution >= 4 is 29.0 Å². The topological polar surface area (TPSA) is 72.2 Å². The minimum absolute atomic E-state index is 0.105. The van der Waals surface area contributed by atoms with Crippen LogP contribution in [0.25, 0.3) is 0 Å². The fourth-order valence-corrected chi connectivity index (χ4v) is 2.72. The third-order valence-corrected chi connectivity index (χ3v) is 4.30. The molecule has 0 aromatic heterocycles. The standard InChI is InChI=1S/C17H18N2O3S/c1-12(2)13-7-9-14(10-8-13)23-11-17(20)18-15-5-3-4-6-16(15)19(21)22/h3-10,12H,11H2,1-2H3,(H,18,20). The Morgan fingerprint density at radius 3 is 2.43 bits per heavy atom. The molecule has 6 heteroatoms. The van der Waals surface area contributed by atoms with Gasteiger partial charge in [-0.15, -0.1) is 11.8 Å². The molecule has 2 aromatic carbocycles. The predicted molar refractivity (Wildman–Crippen MR) is 93.0 cm³/mol.